The molecule has 1 aromatic rings. The van der Waals surface area contributed by atoms with Crippen LogP contribution in [0.5, 0.6) is 0 Å². The molecule has 98 valence electrons. The van der Waals surface area contributed by atoms with Crippen LogP contribution in [0.1, 0.15) is 29.3 Å². The van der Waals surface area contributed by atoms with E-state index in [2.05, 4.69) is 17.6 Å². The molecule has 2 unspecified atom stereocenters. The predicted octanol–water partition coefficient (Wildman–Crippen LogP) is 1.86. The van der Waals surface area contributed by atoms with Crippen molar-refractivity contribution < 1.29 is 9.18 Å². The Bertz CT molecular complexity index is 447. The van der Waals surface area contributed by atoms with E-state index in [1.807, 2.05) is 6.92 Å². The second-order valence-corrected chi connectivity index (χ2v) is 5.01. The van der Waals surface area contributed by atoms with Gasteiger partial charge in [-0.05, 0) is 50.0 Å². The zero-order valence-electron chi connectivity index (χ0n) is 10.8. The van der Waals surface area contributed by atoms with Gasteiger partial charge < -0.3 is 10.6 Å². The summed E-state index contributed by atoms with van der Waals surface area (Å²) in [5.41, 5.74) is 1.23. The van der Waals surface area contributed by atoms with Crippen molar-refractivity contribution >= 4 is 5.91 Å². The van der Waals surface area contributed by atoms with Crippen molar-refractivity contribution in [3.8, 4) is 0 Å². The molecule has 1 aromatic carbocycles. The molecule has 0 spiro atoms. The number of hydrogen-bond acceptors (Lipinski definition) is 2. The van der Waals surface area contributed by atoms with Crippen molar-refractivity contribution in [1.82, 2.24) is 10.6 Å². The third kappa shape index (κ3) is 2.88. The maximum atomic E-state index is 13.2. The van der Waals surface area contributed by atoms with Crippen LogP contribution in [0.15, 0.2) is 18.2 Å². The number of carbonyl (C=O) groups excluding carboxylic acids is 1. The molecule has 18 heavy (non-hydrogen) atoms. The molecule has 1 heterocycles. The van der Waals surface area contributed by atoms with Gasteiger partial charge in [-0.25, -0.2) is 4.39 Å². The van der Waals surface area contributed by atoms with Crippen molar-refractivity contribution in [1.29, 1.82) is 0 Å². The van der Waals surface area contributed by atoms with E-state index >= 15 is 0 Å². The van der Waals surface area contributed by atoms with Gasteiger partial charge in [0, 0.05) is 11.6 Å². The first-order chi connectivity index (χ1) is 8.58. The summed E-state index contributed by atoms with van der Waals surface area (Å²) in [6.45, 7) is 5.75. The smallest absolute Gasteiger partial charge is 0.251 e. The second kappa shape index (κ2) is 5.48. The van der Waals surface area contributed by atoms with E-state index in [1.54, 1.807) is 6.07 Å². The van der Waals surface area contributed by atoms with Crippen LogP contribution in [0.4, 0.5) is 4.39 Å². The Morgan fingerprint density at radius 1 is 1.50 bits per heavy atom. The summed E-state index contributed by atoms with van der Waals surface area (Å²) in [6.07, 6.45) is 0.918. The van der Waals surface area contributed by atoms with Gasteiger partial charge in [0.1, 0.15) is 5.82 Å². The average Bonchev–Trinajstić information content (AvgIpc) is 2.35. The molecule has 0 aromatic heterocycles. The Labute approximate surface area is 107 Å². The van der Waals surface area contributed by atoms with Crippen LogP contribution in [0.25, 0.3) is 0 Å². The standard InChI is InChI=1S/C14H19FN2O/c1-9-3-4-11(15)7-12(9)14(18)17-13-5-6-16-8-10(13)2/h3-4,7,10,13,16H,5-6,8H2,1-2H3,(H,17,18). The fraction of sp³-hybridized carbons (Fsp3) is 0.500. The third-order valence-electron chi connectivity index (χ3n) is 3.55. The predicted molar refractivity (Wildman–Crippen MR) is 69.0 cm³/mol. The highest BCUT2D eigenvalue weighted by Crippen LogP contribution is 2.14. The van der Waals surface area contributed by atoms with E-state index in [1.165, 1.54) is 12.1 Å². The van der Waals surface area contributed by atoms with Crippen molar-refractivity contribution in [2.24, 2.45) is 5.92 Å². The van der Waals surface area contributed by atoms with Crippen LogP contribution >= 0.6 is 0 Å². The highest BCUT2D eigenvalue weighted by molar-refractivity contribution is 5.95. The fourth-order valence-electron chi connectivity index (χ4n) is 2.31. The van der Waals surface area contributed by atoms with Crippen LogP contribution in [-0.2, 0) is 0 Å². The van der Waals surface area contributed by atoms with Crippen LogP contribution in [0.3, 0.4) is 0 Å². The summed E-state index contributed by atoms with van der Waals surface area (Å²) < 4.78 is 13.2. The minimum atomic E-state index is -0.371. The lowest BCUT2D eigenvalue weighted by Crippen LogP contribution is -2.48. The maximum absolute atomic E-state index is 13.2. The van der Waals surface area contributed by atoms with Gasteiger partial charge in [0.05, 0.1) is 0 Å². The molecule has 1 aliphatic heterocycles. The lowest BCUT2D eigenvalue weighted by molar-refractivity contribution is 0.0913. The van der Waals surface area contributed by atoms with Gasteiger partial charge in [-0.1, -0.05) is 13.0 Å². The number of benzene rings is 1. The number of hydrogen-bond donors (Lipinski definition) is 2. The Hall–Kier alpha value is -1.42. The first-order valence-corrected chi connectivity index (χ1v) is 6.35. The molecule has 1 saturated heterocycles. The number of aryl methyl sites for hydroxylation is 1. The molecule has 2 atom stereocenters. The van der Waals surface area contributed by atoms with Crippen LogP contribution < -0.4 is 10.6 Å². The molecule has 2 N–H and O–H groups in total. The lowest BCUT2D eigenvalue weighted by atomic mass is 9.94. The Morgan fingerprint density at radius 2 is 2.28 bits per heavy atom. The van der Waals surface area contributed by atoms with Crippen LogP contribution in [0.2, 0.25) is 0 Å². The molecule has 1 fully saturated rings. The summed E-state index contributed by atoms with van der Waals surface area (Å²) in [6, 6.07) is 4.48. The van der Waals surface area contributed by atoms with Crippen molar-refractivity contribution in [2.45, 2.75) is 26.3 Å². The first-order valence-electron chi connectivity index (χ1n) is 6.35. The van der Waals surface area contributed by atoms with E-state index in [0.717, 1.165) is 25.1 Å². The van der Waals surface area contributed by atoms with Gasteiger partial charge in [-0.15, -0.1) is 0 Å². The van der Waals surface area contributed by atoms with E-state index < -0.39 is 0 Å². The van der Waals surface area contributed by atoms with Gasteiger partial charge in [0.15, 0.2) is 0 Å². The molecule has 1 amide bonds. The van der Waals surface area contributed by atoms with E-state index in [9.17, 15) is 9.18 Å². The highest BCUT2D eigenvalue weighted by atomic mass is 19.1. The summed E-state index contributed by atoms with van der Waals surface area (Å²) >= 11 is 0. The SMILES string of the molecule is Cc1ccc(F)cc1C(=O)NC1CCNCC1C. The number of carbonyl (C=O) groups is 1. The summed E-state index contributed by atoms with van der Waals surface area (Å²) in [5.74, 6) is -0.147. The molecule has 2 rings (SSSR count). The number of halogens is 1. The summed E-state index contributed by atoms with van der Waals surface area (Å²) in [5, 5.41) is 6.29. The van der Waals surface area contributed by atoms with Gasteiger partial charge in [0.2, 0.25) is 0 Å². The zero-order chi connectivity index (χ0) is 13.1. The van der Waals surface area contributed by atoms with Crippen molar-refractivity contribution in [2.75, 3.05) is 13.1 Å². The number of piperidine rings is 1. The summed E-state index contributed by atoms with van der Waals surface area (Å²) in [7, 11) is 0. The second-order valence-electron chi connectivity index (χ2n) is 5.01. The third-order valence-corrected chi connectivity index (χ3v) is 3.55. The minimum absolute atomic E-state index is 0.168. The van der Waals surface area contributed by atoms with Gasteiger partial charge in [-0.3, -0.25) is 4.79 Å². The van der Waals surface area contributed by atoms with Gasteiger partial charge in [0.25, 0.3) is 5.91 Å². The van der Waals surface area contributed by atoms with Crippen LogP contribution in [0, 0.1) is 18.7 Å². The monoisotopic (exact) mass is 250 g/mol. The molecule has 0 saturated carbocycles. The van der Waals surface area contributed by atoms with E-state index in [4.69, 9.17) is 0 Å². The Morgan fingerprint density at radius 3 is 3.00 bits per heavy atom. The van der Waals surface area contributed by atoms with Crippen molar-refractivity contribution in [3.05, 3.63) is 35.1 Å². The summed E-state index contributed by atoms with van der Waals surface area (Å²) in [4.78, 5) is 12.1. The Kier molecular flexibility index (Phi) is 3.97. The van der Waals surface area contributed by atoms with Gasteiger partial charge >= 0.3 is 0 Å². The molecular weight excluding hydrogens is 231 g/mol. The molecule has 1 aliphatic rings. The highest BCUT2D eigenvalue weighted by Gasteiger charge is 2.23. The lowest BCUT2D eigenvalue weighted by Gasteiger charge is -2.30. The minimum Gasteiger partial charge on any atom is -0.349 e. The largest absolute Gasteiger partial charge is 0.349 e. The molecular formula is C14H19FN2O. The number of amides is 1. The Balaban J connectivity index is 2.09. The normalized spacial score (nSPS) is 23.7. The molecule has 0 bridgehead atoms. The zero-order valence-corrected chi connectivity index (χ0v) is 10.8. The van der Waals surface area contributed by atoms with E-state index in [0.29, 0.717) is 11.5 Å². The quantitative estimate of drug-likeness (QED) is 0.841. The van der Waals surface area contributed by atoms with Gasteiger partial charge in [-0.2, -0.15) is 0 Å². The average molecular weight is 250 g/mol. The molecule has 0 aliphatic carbocycles. The van der Waals surface area contributed by atoms with E-state index in [-0.39, 0.29) is 17.8 Å². The van der Waals surface area contributed by atoms with Crippen LogP contribution in [-0.4, -0.2) is 25.0 Å². The fourth-order valence-corrected chi connectivity index (χ4v) is 2.31. The maximum Gasteiger partial charge on any atom is 0.251 e. The first kappa shape index (κ1) is 13.0. The molecule has 4 heteroatoms. The number of nitrogens with one attached hydrogen (secondary N) is 2. The van der Waals surface area contributed by atoms with Crippen molar-refractivity contribution in [3.63, 3.8) is 0 Å². The number of rotatable bonds is 2. The molecule has 0 radical (unpaired) electrons. The molecule has 3 nitrogen and oxygen atoms in total. The topological polar surface area (TPSA) is 41.1 Å².